The van der Waals surface area contributed by atoms with Crippen molar-refractivity contribution in [3.8, 4) is 0 Å². The average Bonchev–Trinajstić information content (AvgIpc) is 2.46. The summed E-state index contributed by atoms with van der Waals surface area (Å²) in [6, 6.07) is 0. The molecule has 0 saturated carbocycles. The maximum atomic E-state index is 10.8. The van der Waals surface area contributed by atoms with E-state index >= 15 is 0 Å². The van der Waals surface area contributed by atoms with Gasteiger partial charge in [0.1, 0.15) is 5.25 Å². The van der Waals surface area contributed by atoms with E-state index in [2.05, 4.69) is 9.89 Å². The number of carbonyl (C=O) groups is 1. The van der Waals surface area contributed by atoms with E-state index in [1.807, 2.05) is 6.08 Å². The van der Waals surface area contributed by atoms with E-state index < -0.39 is 0 Å². The summed E-state index contributed by atoms with van der Waals surface area (Å²) in [4.78, 5) is 17.0. The maximum absolute atomic E-state index is 10.8. The Morgan fingerprint density at radius 1 is 1.77 bits per heavy atom. The molecule has 0 aliphatic carbocycles. The summed E-state index contributed by atoms with van der Waals surface area (Å²) in [7, 11) is 0. The van der Waals surface area contributed by atoms with Crippen molar-refractivity contribution in [1.29, 1.82) is 0 Å². The first-order valence-corrected chi connectivity index (χ1v) is 4.87. The Hall–Kier alpha value is -0.190. The van der Waals surface area contributed by atoms with Gasteiger partial charge in [0, 0.05) is 19.3 Å². The fourth-order valence-electron chi connectivity index (χ4n) is 1.19. The van der Waals surface area contributed by atoms with Gasteiger partial charge in [-0.1, -0.05) is 11.8 Å². The third-order valence-electron chi connectivity index (χ3n) is 1.77. The number of amidine groups is 1. The van der Waals surface area contributed by atoms with Crippen LogP contribution in [-0.2, 0) is 4.79 Å². The zero-order chi connectivity index (χ0) is 8.55. The van der Waals surface area contributed by atoms with Gasteiger partial charge in [-0.2, -0.15) is 0 Å². The molecule has 0 radical (unpaired) electrons. The number of hydrogen-bond acceptors (Lipinski definition) is 4. The summed E-state index contributed by atoms with van der Waals surface area (Å²) in [5.41, 5.74) is 0. The Bertz CT molecular complexity index is 280. The predicted octanol–water partition coefficient (Wildman–Crippen LogP) is 1.47. The second-order valence-corrected chi connectivity index (χ2v) is 4.15. The van der Waals surface area contributed by atoms with Gasteiger partial charge in [-0.05, 0) is 17.7 Å². The number of nitrogens with zero attached hydrogens (tertiary/aromatic N) is 2. The van der Waals surface area contributed by atoms with Crippen LogP contribution in [0.3, 0.4) is 0 Å². The minimum absolute atomic E-state index is 0. The molecular formula is C7H8Cl2N2OS. The Morgan fingerprint density at radius 2 is 2.54 bits per heavy atom. The molecule has 0 spiro atoms. The molecule has 0 amide bonds. The molecule has 0 aromatic rings. The van der Waals surface area contributed by atoms with Crippen LogP contribution in [0.2, 0.25) is 0 Å². The van der Waals surface area contributed by atoms with Crippen LogP contribution in [0.25, 0.3) is 0 Å². The molecule has 0 aromatic heterocycles. The highest BCUT2D eigenvalue weighted by Crippen LogP contribution is 2.28. The zero-order valence-electron chi connectivity index (χ0n) is 6.64. The molecule has 2 rings (SSSR count). The van der Waals surface area contributed by atoms with Gasteiger partial charge in [0.2, 0.25) is 5.24 Å². The SMILES string of the molecule is Cl.O=C(Cl)C1CN2CC=CN=C2S1. The highest BCUT2D eigenvalue weighted by atomic mass is 35.5. The van der Waals surface area contributed by atoms with Gasteiger partial charge in [-0.25, -0.2) is 4.99 Å². The topological polar surface area (TPSA) is 32.7 Å². The summed E-state index contributed by atoms with van der Waals surface area (Å²) in [5.74, 6) is 0. The van der Waals surface area contributed by atoms with Gasteiger partial charge >= 0.3 is 0 Å². The van der Waals surface area contributed by atoms with E-state index in [1.54, 1.807) is 6.20 Å². The van der Waals surface area contributed by atoms with Crippen molar-refractivity contribution in [2.24, 2.45) is 4.99 Å². The molecule has 1 atom stereocenters. The molecule has 2 aliphatic rings. The van der Waals surface area contributed by atoms with Crippen molar-refractivity contribution in [3.05, 3.63) is 12.3 Å². The first kappa shape index (κ1) is 10.9. The maximum Gasteiger partial charge on any atom is 0.236 e. The molecule has 3 nitrogen and oxygen atoms in total. The number of halogens is 2. The zero-order valence-corrected chi connectivity index (χ0v) is 9.03. The number of fused-ring (bicyclic) bond motifs is 1. The lowest BCUT2D eigenvalue weighted by atomic mass is 10.4. The average molecular weight is 239 g/mol. The molecule has 0 bridgehead atoms. The highest BCUT2D eigenvalue weighted by molar-refractivity contribution is 8.15. The third kappa shape index (κ3) is 2.18. The van der Waals surface area contributed by atoms with Crippen LogP contribution < -0.4 is 0 Å². The lowest BCUT2D eigenvalue weighted by Gasteiger charge is -2.16. The Balaban J connectivity index is 0.000000845. The van der Waals surface area contributed by atoms with Crippen LogP contribution >= 0.6 is 35.8 Å². The van der Waals surface area contributed by atoms with Crippen LogP contribution in [0, 0.1) is 0 Å². The fourth-order valence-corrected chi connectivity index (χ4v) is 2.42. The van der Waals surface area contributed by atoms with Crippen LogP contribution in [0.1, 0.15) is 0 Å². The van der Waals surface area contributed by atoms with Gasteiger partial charge in [-0.15, -0.1) is 12.4 Å². The first-order chi connectivity index (χ1) is 5.77. The fraction of sp³-hybridized carbons (Fsp3) is 0.429. The van der Waals surface area contributed by atoms with E-state index in [9.17, 15) is 4.79 Å². The van der Waals surface area contributed by atoms with Crippen LogP contribution in [0.15, 0.2) is 17.3 Å². The molecule has 2 aliphatic heterocycles. The summed E-state index contributed by atoms with van der Waals surface area (Å²) in [5, 5.41) is 0.499. The predicted molar refractivity (Wildman–Crippen MR) is 57.6 cm³/mol. The van der Waals surface area contributed by atoms with Crippen molar-refractivity contribution in [2.75, 3.05) is 13.1 Å². The standard InChI is InChI=1S/C7H7ClN2OS.ClH/c8-6(11)5-4-10-3-1-2-9-7(10)12-5;/h1-2,5H,3-4H2;1H. The molecule has 0 N–H and O–H groups in total. The quantitative estimate of drug-likeness (QED) is 0.649. The van der Waals surface area contributed by atoms with Crippen molar-refractivity contribution < 1.29 is 4.79 Å². The van der Waals surface area contributed by atoms with Gasteiger partial charge in [0.15, 0.2) is 5.17 Å². The molecule has 2 heterocycles. The number of carbonyl (C=O) groups excluding carboxylic acids is 1. The molecule has 1 unspecified atom stereocenters. The molecule has 1 fully saturated rings. The molecule has 6 heteroatoms. The molecule has 1 saturated heterocycles. The van der Waals surface area contributed by atoms with Gasteiger partial charge in [0.25, 0.3) is 0 Å². The van der Waals surface area contributed by atoms with E-state index in [4.69, 9.17) is 11.6 Å². The van der Waals surface area contributed by atoms with Crippen molar-refractivity contribution in [2.45, 2.75) is 5.25 Å². The van der Waals surface area contributed by atoms with E-state index in [0.717, 1.165) is 11.7 Å². The normalized spacial score (nSPS) is 24.8. The van der Waals surface area contributed by atoms with Crippen LogP contribution in [-0.4, -0.2) is 33.6 Å². The minimum atomic E-state index is -0.280. The number of rotatable bonds is 1. The van der Waals surface area contributed by atoms with Gasteiger partial charge in [0.05, 0.1) is 0 Å². The second kappa shape index (κ2) is 4.35. The summed E-state index contributed by atoms with van der Waals surface area (Å²) in [6.45, 7) is 1.53. The van der Waals surface area contributed by atoms with Crippen LogP contribution in [0.5, 0.6) is 0 Å². The van der Waals surface area contributed by atoms with Crippen molar-refractivity contribution >= 4 is 46.2 Å². The Morgan fingerprint density at radius 3 is 3.15 bits per heavy atom. The first-order valence-electron chi connectivity index (χ1n) is 3.61. The number of hydrogen-bond donors (Lipinski definition) is 0. The number of thioether (sulfide) groups is 1. The van der Waals surface area contributed by atoms with E-state index in [1.165, 1.54) is 11.8 Å². The lowest BCUT2D eigenvalue weighted by molar-refractivity contribution is -0.111. The van der Waals surface area contributed by atoms with Crippen LogP contribution in [0.4, 0.5) is 0 Å². The smallest absolute Gasteiger partial charge is 0.236 e. The highest BCUT2D eigenvalue weighted by Gasteiger charge is 2.32. The number of aliphatic imine (C=N–C) groups is 1. The summed E-state index contributed by atoms with van der Waals surface area (Å²) in [6.07, 6.45) is 3.73. The molecule has 72 valence electrons. The monoisotopic (exact) mass is 238 g/mol. The van der Waals surface area contributed by atoms with E-state index in [-0.39, 0.29) is 22.9 Å². The van der Waals surface area contributed by atoms with Gasteiger partial charge in [-0.3, -0.25) is 4.79 Å². The summed E-state index contributed by atoms with van der Waals surface area (Å²) >= 11 is 6.83. The van der Waals surface area contributed by atoms with E-state index in [0.29, 0.717) is 6.54 Å². The second-order valence-electron chi connectivity index (χ2n) is 2.61. The molecular weight excluding hydrogens is 231 g/mol. The van der Waals surface area contributed by atoms with Crippen molar-refractivity contribution in [1.82, 2.24) is 4.90 Å². The summed E-state index contributed by atoms with van der Waals surface area (Å²) < 4.78 is 0. The molecule has 0 aromatic carbocycles. The third-order valence-corrected chi connectivity index (χ3v) is 3.39. The van der Waals surface area contributed by atoms with Crippen molar-refractivity contribution in [3.63, 3.8) is 0 Å². The minimum Gasteiger partial charge on any atom is -0.346 e. The van der Waals surface area contributed by atoms with Gasteiger partial charge < -0.3 is 4.90 Å². The lowest BCUT2D eigenvalue weighted by Crippen LogP contribution is -2.28. The Kier molecular flexibility index (Phi) is 3.64. The largest absolute Gasteiger partial charge is 0.346 e. The Labute approximate surface area is 91.6 Å². The molecule has 13 heavy (non-hydrogen) atoms.